The molecule has 1 fully saturated rings. The molecular weight excluding hydrogens is 416 g/mol. The van der Waals surface area contributed by atoms with Crippen LogP contribution in [-0.2, 0) is 10.0 Å². The summed E-state index contributed by atoms with van der Waals surface area (Å²) in [7, 11) is -3.74. The van der Waals surface area contributed by atoms with Crippen LogP contribution < -0.4 is 4.72 Å². The zero-order valence-corrected chi connectivity index (χ0v) is 18.2. The Morgan fingerprint density at radius 1 is 1.06 bits per heavy atom. The summed E-state index contributed by atoms with van der Waals surface area (Å²) in [4.78, 5) is 19.0. The lowest BCUT2D eigenvalue weighted by Gasteiger charge is -2.30. The monoisotopic (exact) mass is 440 g/mol. The molecule has 0 spiro atoms. The molecule has 1 amide bonds. The number of hydrogen-bond donors (Lipinski definition) is 1. The normalized spacial score (nSPS) is 15.1. The molecule has 0 saturated carbocycles. The quantitative estimate of drug-likeness (QED) is 0.651. The van der Waals surface area contributed by atoms with E-state index in [1.165, 1.54) is 12.1 Å². The molecule has 0 unspecified atom stereocenters. The van der Waals surface area contributed by atoms with Gasteiger partial charge in [0.1, 0.15) is 0 Å². The summed E-state index contributed by atoms with van der Waals surface area (Å²) in [6, 6.07) is 13.2. The minimum Gasteiger partial charge on any atom is -0.339 e. The predicted molar refractivity (Wildman–Crippen MR) is 115 cm³/mol. The summed E-state index contributed by atoms with van der Waals surface area (Å²) < 4.78 is 33.2. The number of carbonyl (C=O) groups is 1. The second kappa shape index (κ2) is 8.50. The molecular formula is C22H24N4O4S. The Hall–Kier alpha value is -3.20. The van der Waals surface area contributed by atoms with Gasteiger partial charge in [0.15, 0.2) is 5.82 Å². The van der Waals surface area contributed by atoms with Crippen molar-refractivity contribution >= 4 is 21.6 Å². The van der Waals surface area contributed by atoms with E-state index in [0.717, 1.165) is 18.4 Å². The van der Waals surface area contributed by atoms with Crippen molar-refractivity contribution in [1.82, 2.24) is 15.0 Å². The van der Waals surface area contributed by atoms with Crippen LogP contribution in [0.15, 0.2) is 57.9 Å². The van der Waals surface area contributed by atoms with Gasteiger partial charge in [-0.2, -0.15) is 4.98 Å². The van der Waals surface area contributed by atoms with E-state index in [1.807, 2.05) is 19.1 Å². The van der Waals surface area contributed by atoms with Crippen LogP contribution in [0.25, 0.3) is 0 Å². The number of nitrogens with zero attached hydrogens (tertiary/aromatic N) is 3. The highest BCUT2D eigenvalue weighted by molar-refractivity contribution is 7.92. The van der Waals surface area contributed by atoms with E-state index in [1.54, 1.807) is 36.1 Å². The van der Waals surface area contributed by atoms with Gasteiger partial charge in [0.05, 0.1) is 10.6 Å². The van der Waals surface area contributed by atoms with Gasteiger partial charge in [0, 0.05) is 24.6 Å². The number of likely N-dealkylation sites (tertiary alicyclic amines) is 1. The average Bonchev–Trinajstić information content (AvgIpc) is 3.21. The molecule has 1 aliphatic rings. The third-order valence-corrected chi connectivity index (χ3v) is 6.86. The first-order valence-corrected chi connectivity index (χ1v) is 11.6. The van der Waals surface area contributed by atoms with Crippen molar-refractivity contribution in [3.05, 3.63) is 71.4 Å². The minimum absolute atomic E-state index is 0.109. The minimum atomic E-state index is -3.74. The SMILES string of the molecule is Cc1noc(C2CCN(C(=O)c3ccc(S(=O)(=O)Nc4ccccc4C)cc3)CC2)n1. The van der Waals surface area contributed by atoms with Crippen molar-refractivity contribution in [3.8, 4) is 0 Å². The molecule has 162 valence electrons. The Morgan fingerprint density at radius 2 is 1.74 bits per heavy atom. The number of piperidine rings is 1. The van der Waals surface area contributed by atoms with Gasteiger partial charge in [0.2, 0.25) is 5.89 Å². The number of aryl methyl sites for hydroxylation is 2. The van der Waals surface area contributed by atoms with E-state index in [-0.39, 0.29) is 16.7 Å². The summed E-state index contributed by atoms with van der Waals surface area (Å²) in [5.74, 6) is 1.28. The van der Waals surface area contributed by atoms with Gasteiger partial charge < -0.3 is 9.42 Å². The van der Waals surface area contributed by atoms with Gasteiger partial charge in [-0.15, -0.1) is 0 Å². The molecule has 0 radical (unpaired) electrons. The standard InChI is InChI=1S/C22H24N4O4S/c1-15-5-3-4-6-20(15)25-31(28,29)19-9-7-18(8-10-19)22(27)26-13-11-17(12-14-26)21-23-16(2)24-30-21/h3-10,17,25H,11-14H2,1-2H3. The number of amides is 1. The Kier molecular flexibility index (Phi) is 5.77. The van der Waals surface area contributed by atoms with E-state index >= 15 is 0 Å². The molecule has 31 heavy (non-hydrogen) atoms. The molecule has 8 nitrogen and oxygen atoms in total. The maximum Gasteiger partial charge on any atom is 0.261 e. The highest BCUT2D eigenvalue weighted by Gasteiger charge is 2.28. The Morgan fingerprint density at radius 3 is 2.35 bits per heavy atom. The fourth-order valence-electron chi connectivity index (χ4n) is 3.66. The third-order valence-electron chi connectivity index (χ3n) is 5.48. The fraction of sp³-hybridized carbons (Fsp3) is 0.318. The number of hydrogen-bond acceptors (Lipinski definition) is 6. The topological polar surface area (TPSA) is 105 Å². The molecule has 1 aromatic heterocycles. The zero-order valence-electron chi connectivity index (χ0n) is 17.4. The highest BCUT2D eigenvalue weighted by Crippen LogP contribution is 2.28. The van der Waals surface area contributed by atoms with E-state index in [0.29, 0.717) is 36.1 Å². The lowest BCUT2D eigenvalue weighted by atomic mass is 9.96. The van der Waals surface area contributed by atoms with E-state index in [9.17, 15) is 13.2 Å². The smallest absolute Gasteiger partial charge is 0.261 e. The van der Waals surface area contributed by atoms with Crippen molar-refractivity contribution < 1.29 is 17.7 Å². The predicted octanol–water partition coefficient (Wildman–Crippen LogP) is 3.51. The number of anilines is 1. The molecule has 4 rings (SSSR count). The maximum atomic E-state index is 12.9. The molecule has 1 N–H and O–H groups in total. The summed E-state index contributed by atoms with van der Waals surface area (Å²) in [5.41, 5.74) is 1.82. The van der Waals surface area contributed by atoms with Crippen molar-refractivity contribution in [2.75, 3.05) is 17.8 Å². The number of benzene rings is 2. The third kappa shape index (κ3) is 4.61. The van der Waals surface area contributed by atoms with Crippen molar-refractivity contribution in [2.45, 2.75) is 37.5 Å². The summed E-state index contributed by atoms with van der Waals surface area (Å²) in [6.45, 7) is 4.79. The first kappa shape index (κ1) is 21.0. The summed E-state index contributed by atoms with van der Waals surface area (Å²) >= 11 is 0. The number of nitrogens with one attached hydrogen (secondary N) is 1. The Balaban J connectivity index is 1.41. The van der Waals surface area contributed by atoms with Gasteiger partial charge in [-0.05, 0) is 62.6 Å². The molecule has 0 atom stereocenters. The van der Waals surface area contributed by atoms with Crippen LogP contribution in [0, 0.1) is 13.8 Å². The van der Waals surface area contributed by atoms with Crippen molar-refractivity contribution in [2.24, 2.45) is 0 Å². The first-order chi connectivity index (χ1) is 14.8. The van der Waals surface area contributed by atoms with Crippen LogP contribution in [0.3, 0.4) is 0 Å². The van der Waals surface area contributed by atoms with Crippen LogP contribution in [0.1, 0.15) is 46.4 Å². The van der Waals surface area contributed by atoms with Crippen molar-refractivity contribution in [1.29, 1.82) is 0 Å². The molecule has 2 aromatic carbocycles. The molecule has 2 heterocycles. The van der Waals surface area contributed by atoms with Crippen LogP contribution in [0.4, 0.5) is 5.69 Å². The average molecular weight is 441 g/mol. The van der Waals surface area contributed by atoms with Gasteiger partial charge in [0.25, 0.3) is 15.9 Å². The lowest BCUT2D eigenvalue weighted by Crippen LogP contribution is -2.38. The van der Waals surface area contributed by atoms with Crippen LogP contribution in [-0.4, -0.2) is 42.5 Å². The molecule has 3 aromatic rings. The van der Waals surface area contributed by atoms with Gasteiger partial charge in [-0.3, -0.25) is 9.52 Å². The Bertz CT molecular complexity index is 1180. The van der Waals surface area contributed by atoms with E-state index < -0.39 is 10.0 Å². The summed E-state index contributed by atoms with van der Waals surface area (Å²) in [5, 5.41) is 3.83. The van der Waals surface area contributed by atoms with E-state index in [2.05, 4.69) is 14.9 Å². The van der Waals surface area contributed by atoms with Gasteiger partial charge >= 0.3 is 0 Å². The second-order valence-corrected chi connectivity index (χ2v) is 9.37. The van der Waals surface area contributed by atoms with Crippen LogP contribution in [0.2, 0.25) is 0 Å². The largest absolute Gasteiger partial charge is 0.339 e. The van der Waals surface area contributed by atoms with E-state index in [4.69, 9.17) is 4.52 Å². The first-order valence-electron chi connectivity index (χ1n) is 10.1. The van der Waals surface area contributed by atoms with Crippen LogP contribution in [0.5, 0.6) is 0 Å². The molecule has 0 aliphatic carbocycles. The fourth-order valence-corrected chi connectivity index (χ4v) is 4.79. The molecule has 1 aliphatic heterocycles. The van der Waals surface area contributed by atoms with Crippen molar-refractivity contribution in [3.63, 3.8) is 0 Å². The lowest BCUT2D eigenvalue weighted by molar-refractivity contribution is 0.0704. The molecule has 0 bridgehead atoms. The summed E-state index contributed by atoms with van der Waals surface area (Å²) in [6.07, 6.45) is 1.50. The number of sulfonamides is 1. The van der Waals surface area contributed by atoms with Gasteiger partial charge in [-0.1, -0.05) is 23.4 Å². The number of aromatic nitrogens is 2. The Labute approximate surface area is 181 Å². The van der Waals surface area contributed by atoms with Crippen LogP contribution >= 0.6 is 0 Å². The second-order valence-electron chi connectivity index (χ2n) is 7.69. The molecule has 1 saturated heterocycles. The zero-order chi connectivity index (χ0) is 22.0. The number of para-hydroxylation sites is 1. The number of rotatable bonds is 5. The highest BCUT2D eigenvalue weighted by atomic mass is 32.2. The van der Waals surface area contributed by atoms with Gasteiger partial charge in [-0.25, -0.2) is 8.42 Å². The molecule has 9 heteroatoms. The number of carbonyl (C=O) groups excluding carboxylic acids is 1. The maximum absolute atomic E-state index is 12.9.